The van der Waals surface area contributed by atoms with Gasteiger partial charge in [-0.3, -0.25) is 4.79 Å². The van der Waals surface area contributed by atoms with E-state index in [1.54, 1.807) is 12.2 Å². The van der Waals surface area contributed by atoms with Gasteiger partial charge in [0.1, 0.15) is 0 Å². The molecule has 1 rings (SSSR count). The van der Waals surface area contributed by atoms with E-state index in [0.717, 1.165) is 18.4 Å². The van der Waals surface area contributed by atoms with Crippen LogP contribution in [-0.4, -0.2) is 10.9 Å². The molecule has 2 nitrogen and oxygen atoms in total. The van der Waals surface area contributed by atoms with Crippen molar-refractivity contribution in [3.8, 4) is 0 Å². The number of carbonyl (C=O) groups is 1. The van der Waals surface area contributed by atoms with Gasteiger partial charge in [-0.2, -0.15) is 0 Å². The van der Waals surface area contributed by atoms with Gasteiger partial charge in [0.05, 0.1) is 5.76 Å². The van der Waals surface area contributed by atoms with Crippen molar-refractivity contribution in [2.24, 2.45) is 11.8 Å². The van der Waals surface area contributed by atoms with Gasteiger partial charge in [-0.25, -0.2) is 0 Å². The van der Waals surface area contributed by atoms with Crippen molar-refractivity contribution >= 4 is 5.78 Å². The van der Waals surface area contributed by atoms with E-state index in [1.807, 2.05) is 13.8 Å². The van der Waals surface area contributed by atoms with E-state index in [-0.39, 0.29) is 17.6 Å². The van der Waals surface area contributed by atoms with E-state index < -0.39 is 0 Å². The number of hydrogen-bond acceptors (Lipinski definition) is 2. The molecule has 15 heavy (non-hydrogen) atoms. The summed E-state index contributed by atoms with van der Waals surface area (Å²) in [5.74, 6) is 0.855. The number of aliphatic hydroxyl groups is 1. The lowest BCUT2D eigenvalue weighted by Crippen LogP contribution is -2.17. The van der Waals surface area contributed by atoms with Crippen molar-refractivity contribution in [3.63, 3.8) is 0 Å². The van der Waals surface area contributed by atoms with Crippen LogP contribution in [0.4, 0.5) is 0 Å². The first kappa shape index (κ1) is 12.0. The molecule has 1 N–H and O–H groups in total. The van der Waals surface area contributed by atoms with Crippen LogP contribution in [-0.2, 0) is 4.79 Å². The molecular weight excluding hydrogens is 188 g/mol. The maximum Gasteiger partial charge on any atom is 0.159 e. The average molecular weight is 208 g/mol. The van der Waals surface area contributed by atoms with Gasteiger partial charge in [0.15, 0.2) is 5.78 Å². The Kier molecular flexibility index (Phi) is 4.13. The molecular formula is C13H20O2. The van der Waals surface area contributed by atoms with Crippen LogP contribution in [0.15, 0.2) is 23.5 Å². The molecule has 1 aliphatic carbocycles. The van der Waals surface area contributed by atoms with Crippen molar-refractivity contribution in [2.75, 3.05) is 0 Å². The molecule has 0 spiro atoms. The van der Waals surface area contributed by atoms with Crippen LogP contribution in [0.5, 0.6) is 0 Å². The summed E-state index contributed by atoms with van der Waals surface area (Å²) < 4.78 is 0. The van der Waals surface area contributed by atoms with Crippen molar-refractivity contribution in [2.45, 2.75) is 40.0 Å². The second kappa shape index (κ2) is 5.15. The maximum absolute atomic E-state index is 11.5. The lowest BCUT2D eigenvalue weighted by molar-refractivity contribution is -0.118. The first-order chi connectivity index (χ1) is 7.06. The molecule has 0 heterocycles. The van der Waals surface area contributed by atoms with Crippen LogP contribution in [0, 0.1) is 11.8 Å². The Bertz CT molecular complexity index is 298. The number of rotatable bonds is 3. The molecule has 0 aromatic rings. The molecule has 0 saturated heterocycles. The Labute approximate surface area is 91.7 Å². The number of hydrogen-bond donors (Lipinski definition) is 1. The van der Waals surface area contributed by atoms with Crippen LogP contribution in [0.1, 0.15) is 40.0 Å². The molecule has 84 valence electrons. The number of aliphatic hydroxyl groups excluding tert-OH is 1. The van der Waals surface area contributed by atoms with Crippen LogP contribution >= 0.6 is 0 Å². The van der Waals surface area contributed by atoms with E-state index in [0.29, 0.717) is 12.2 Å². The van der Waals surface area contributed by atoms with E-state index in [9.17, 15) is 9.90 Å². The lowest BCUT2D eigenvalue weighted by Gasteiger charge is -2.20. The summed E-state index contributed by atoms with van der Waals surface area (Å²) in [6.07, 6.45) is 6.01. The molecule has 0 aliphatic heterocycles. The third-order valence-electron chi connectivity index (χ3n) is 2.83. The maximum atomic E-state index is 11.5. The quantitative estimate of drug-likeness (QED) is 0.722. The van der Waals surface area contributed by atoms with Crippen LogP contribution < -0.4 is 0 Å². The minimum absolute atomic E-state index is 0.0795. The zero-order chi connectivity index (χ0) is 11.4. The molecule has 0 saturated carbocycles. The lowest BCUT2D eigenvalue weighted by atomic mass is 9.85. The monoisotopic (exact) mass is 208 g/mol. The topological polar surface area (TPSA) is 37.3 Å². The minimum Gasteiger partial charge on any atom is -0.512 e. The Balaban J connectivity index is 2.85. The predicted molar refractivity (Wildman–Crippen MR) is 61.7 cm³/mol. The van der Waals surface area contributed by atoms with Crippen LogP contribution in [0.25, 0.3) is 0 Å². The first-order valence-electron chi connectivity index (χ1n) is 5.70. The van der Waals surface area contributed by atoms with Gasteiger partial charge in [0.25, 0.3) is 0 Å². The molecule has 0 aromatic carbocycles. The summed E-state index contributed by atoms with van der Waals surface area (Å²) >= 11 is 0. The van der Waals surface area contributed by atoms with Crippen molar-refractivity contribution < 1.29 is 9.90 Å². The van der Waals surface area contributed by atoms with Crippen LogP contribution in [0.3, 0.4) is 0 Å². The van der Waals surface area contributed by atoms with Gasteiger partial charge in [-0.1, -0.05) is 33.3 Å². The van der Waals surface area contributed by atoms with Crippen molar-refractivity contribution in [1.29, 1.82) is 0 Å². The van der Waals surface area contributed by atoms with Gasteiger partial charge in [0.2, 0.25) is 0 Å². The van der Waals surface area contributed by atoms with Crippen molar-refractivity contribution in [3.05, 3.63) is 23.5 Å². The van der Waals surface area contributed by atoms with Gasteiger partial charge < -0.3 is 5.11 Å². The third-order valence-corrected chi connectivity index (χ3v) is 2.83. The molecule has 0 amide bonds. The number of ketones is 1. The highest BCUT2D eigenvalue weighted by Gasteiger charge is 2.22. The smallest absolute Gasteiger partial charge is 0.159 e. The molecule has 0 fully saturated rings. The van der Waals surface area contributed by atoms with E-state index in [1.165, 1.54) is 0 Å². The molecule has 1 atom stereocenters. The average Bonchev–Trinajstić information content (AvgIpc) is 2.20. The summed E-state index contributed by atoms with van der Waals surface area (Å²) in [7, 11) is 0. The van der Waals surface area contributed by atoms with Gasteiger partial charge in [0, 0.05) is 11.8 Å². The summed E-state index contributed by atoms with van der Waals surface area (Å²) in [5.41, 5.74) is 0.933. The predicted octanol–water partition coefficient (Wildman–Crippen LogP) is 3.40. The van der Waals surface area contributed by atoms with E-state index in [4.69, 9.17) is 0 Å². The summed E-state index contributed by atoms with van der Waals surface area (Å²) in [4.78, 5) is 11.5. The normalized spacial score (nSPS) is 24.8. The first-order valence-corrected chi connectivity index (χ1v) is 5.70. The third kappa shape index (κ3) is 2.95. The van der Waals surface area contributed by atoms with E-state index in [2.05, 4.69) is 6.92 Å². The molecule has 2 heteroatoms. The molecule has 1 unspecified atom stereocenters. The highest BCUT2D eigenvalue weighted by molar-refractivity contribution is 5.93. The standard InChI is InChI=1S/C13H20O2/c1-4-5-10-8-11(6-7-12(10)14)13(15)9(2)3/h6-7,9-10,15H,4-5,8H2,1-3H3. The fourth-order valence-corrected chi connectivity index (χ4v) is 1.91. The molecule has 0 bridgehead atoms. The van der Waals surface area contributed by atoms with Gasteiger partial charge in [-0.05, 0) is 24.5 Å². The molecule has 0 aromatic heterocycles. The minimum atomic E-state index is 0.0795. The zero-order valence-corrected chi connectivity index (χ0v) is 9.79. The summed E-state index contributed by atoms with van der Waals surface area (Å²) in [6.45, 7) is 6.00. The zero-order valence-electron chi connectivity index (χ0n) is 9.79. The fourth-order valence-electron chi connectivity index (χ4n) is 1.91. The fraction of sp³-hybridized carbons (Fsp3) is 0.615. The Morgan fingerprint density at radius 1 is 1.53 bits per heavy atom. The summed E-state index contributed by atoms with van der Waals surface area (Å²) in [5, 5.41) is 9.84. The van der Waals surface area contributed by atoms with Gasteiger partial charge in [-0.15, -0.1) is 0 Å². The second-order valence-corrected chi connectivity index (χ2v) is 4.49. The second-order valence-electron chi connectivity index (χ2n) is 4.49. The number of carbonyl (C=O) groups excluding carboxylic acids is 1. The largest absolute Gasteiger partial charge is 0.512 e. The molecule has 0 radical (unpaired) electrons. The molecule has 1 aliphatic rings. The highest BCUT2D eigenvalue weighted by Crippen LogP contribution is 2.27. The SMILES string of the molecule is CCCC1CC(=C(O)C(C)C)C=CC1=O. The summed E-state index contributed by atoms with van der Waals surface area (Å²) in [6, 6.07) is 0. The Hall–Kier alpha value is -1.05. The van der Waals surface area contributed by atoms with E-state index >= 15 is 0 Å². The Morgan fingerprint density at radius 2 is 2.20 bits per heavy atom. The van der Waals surface area contributed by atoms with Crippen molar-refractivity contribution in [1.82, 2.24) is 0 Å². The number of allylic oxidation sites excluding steroid dienone is 4. The Morgan fingerprint density at radius 3 is 2.73 bits per heavy atom. The highest BCUT2D eigenvalue weighted by atomic mass is 16.3. The van der Waals surface area contributed by atoms with Gasteiger partial charge >= 0.3 is 0 Å². The van der Waals surface area contributed by atoms with Crippen LogP contribution in [0.2, 0.25) is 0 Å².